The van der Waals surface area contributed by atoms with E-state index in [1.54, 1.807) is 13.4 Å². The van der Waals surface area contributed by atoms with Crippen LogP contribution in [0, 0.1) is 0 Å². The third-order valence-electron chi connectivity index (χ3n) is 4.26. The van der Waals surface area contributed by atoms with Crippen LogP contribution in [-0.4, -0.2) is 28.7 Å². The molecule has 0 radical (unpaired) electrons. The third-order valence-corrected chi connectivity index (χ3v) is 4.26. The molecule has 0 aliphatic carbocycles. The Morgan fingerprint density at radius 1 is 0.960 bits per heavy atom. The number of methoxy groups -OCH3 is 1. The van der Waals surface area contributed by atoms with Gasteiger partial charge in [0.25, 0.3) is 0 Å². The summed E-state index contributed by atoms with van der Waals surface area (Å²) in [6, 6.07) is 18.2. The first-order chi connectivity index (χ1) is 12.3. The van der Waals surface area contributed by atoms with Gasteiger partial charge in [0, 0.05) is 24.5 Å². The van der Waals surface area contributed by atoms with Crippen molar-refractivity contribution in [2.24, 2.45) is 0 Å². The van der Waals surface area contributed by atoms with Crippen molar-refractivity contribution in [3.05, 3.63) is 67.1 Å². The number of hydrogen-bond acceptors (Lipinski definition) is 4. The molecule has 0 atom stereocenters. The van der Waals surface area contributed by atoms with Gasteiger partial charge in [-0.3, -0.25) is 0 Å². The number of nitrogens with zero attached hydrogens (tertiary/aromatic N) is 3. The molecule has 0 saturated carbocycles. The zero-order chi connectivity index (χ0) is 17.2. The molecule has 0 amide bonds. The minimum Gasteiger partial charge on any atom is -0.497 e. The topological polar surface area (TPSA) is 52.0 Å². The van der Waals surface area contributed by atoms with Crippen LogP contribution in [0.5, 0.6) is 5.75 Å². The summed E-state index contributed by atoms with van der Waals surface area (Å²) in [6.45, 7) is 0. The molecule has 0 aliphatic heterocycles. The van der Waals surface area contributed by atoms with Gasteiger partial charge in [0.2, 0.25) is 0 Å². The van der Waals surface area contributed by atoms with Gasteiger partial charge in [-0.05, 0) is 29.8 Å². The summed E-state index contributed by atoms with van der Waals surface area (Å²) in [6.07, 6.45) is 3.69. The number of rotatable bonds is 4. The van der Waals surface area contributed by atoms with Crippen molar-refractivity contribution in [2.75, 3.05) is 19.5 Å². The number of nitrogens with one attached hydrogen (secondary N) is 1. The van der Waals surface area contributed by atoms with Crippen LogP contribution in [0.25, 0.3) is 27.8 Å². The molecule has 0 bridgehead atoms. The van der Waals surface area contributed by atoms with E-state index < -0.39 is 0 Å². The van der Waals surface area contributed by atoms with Crippen LogP contribution in [0.1, 0.15) is 0 Å². The second-order valence-corrected chi connectivity index (χ2v) is 5.65. The van der Waals surface area contributed by atoms with E-state index in [-0.39, 0.29) is 0 Å². The third kappa shape index (κ3) is 2.59. The van der Waals surface area contributed by atoms with E-state index in [0.29, 0.717) is 0 Å². The first kappa shape index (κ1) is 15.2. The highest BCUT2D eigenvalue weighted by Crippen LogP contribution is 2.35. The molecule has 5 heteroatoms. The van der Waals surface area contributed by atoms with E-state index in [0.717, 1.165) is 39.4 Å². The molecule has 0 unspecified atom stereocenters. The second kappa shape index (κ2) is 6.28. The molecule has 2 heterocycles. The molecular weight excluding hydrogens is 312 g/mol. The summed E-state index contributed by atoms with van der Waals surface area (Å²) >= 11 is 0. The highest BCUT2D eigenvalue weighted by Gasteiger charge is 2.16. The lowest BCUT2D eigenvalue weighted by Gasteiger charge is -2.06. The zero-order valence-corrected chi connectivity index (χ0v) is 14.1. The summed E-state index contributed by atoms with van der Waals surface area (Å²) in [5.74, 6) is 1.64. The Kier molecular flexibility index (Phi) is 3.82. The van der Waals surface area contributed by atoms with Crippen LogP contribution in [0.4, 0.5) is 5.82 Å². The van der Waals surface area contributed by atoms with E-state index in [1.807, 2.05) is 49.5 Å². The molecule has 0 spiro atoms. The Morgan fingerprint density at radius 2 is 1.72 bits per heavy atom. The molecule has 25 heavy (non-hydrogen) atoms. The summed E-state index contributed by atoms with van der Waals surface area (Å²) in [7, 11) is 3.54. The number of hydrogen-bond donors (Lipinski definition) is 1. The summed E-state index contributed by atoms with van der Waals surface area (Å²) in [4.78, 5) is 8.93. The van der Waals surface area contributed by atoms with Gasteiger partial charge >= 0.3 is 0 Å². The Morgan fingerprint density at radius 3 is 2.40 bits per heavy atom. The lowest BCUT2D eigenvalue weighted by atomic mass is 10.1. The van der Waals surface area contributed by atoms with Crippen molar-refractivity contribution in [2.45, 2.75) is 0 Å². The fourth-order valence-electron chi connectivity index (χ4n) is 3.03. The Labute approximate surface area is 145 Å². The fourth-order valence-corrected chi connectivity index (χ4v) is 3.03. The van der Waals surface area contributed by atoms with E-state index >= 15 is 0 Å². The lowest BCUT2D eigenvalue weighted by molar-refractivity contribution is 0.415. The zero-order valence-electron chi connectivity index (χ0n) is 14.1. The highest BCUT2D eigenvalue weighted by atomic mass is 16.5. The Bertz CT molecular complexity index is 1010. The largest absolute Gasteiger partial charge is 0.497 e. The molecule has 1 N–H and O–H groups in total. The van der Waals surface area contributed by atoms with Gasteiger partial charge in [0.15, 0.2) is 5.65 Å². The smallest absolute Gasteiger partial charge is 0.150 e. The van der Waals surface area contributed by atoms with Crippen LogP contribution in [-0.2, 0) is 0 Å². The molecule has 0 fully saturated rings. The van der Waals surface area contributed by atoms with E-state index in [4.69, 9.17) is 4.74 Å². The van der Waals surface area contributed by atoms with Crippen LogP contribution in [0.3, 0.4) is 0 Å². The maximum Gasteiger partial charge on any atom is 0.150 e. The predicted octanol–water partition coefficient (Wildman–Crippen LogP) is 4.14. The molecule has 2 aromatic carbocycles. The average molecular weight is 330 g/mol. The van der Waals surface area contributed by atoms with E-state index in [2.05, 4.69) is 38.2 Å². The Hall–Kier alpha value is -3.34. The number of fused-ring (bicyclic) bond motifs is 1. The molecule has 0 saturated heterocycles. The number of aromatic nitrogens is 3. The van der Waals surface area contributed by atoms with Crippen molar-refractivity contribution in [3.8, 4) is 22.6 Å². The van der Waals surface area contributed by atoms with Gasteiger partial charge in [0.05, 0.1) is 12.5 Å². The molecule has 4 aromatic rings. The van der Waals surface area contributed by atoms with Crippen molar-refractivity contribution in [3.63, 3.8) is 0 Å². The summed E-state index contributed by atoms with van der Waals surface area (Å²) in [5.41, 5.74) is 4.11. The van der Waals surface area contributed by atoms with Crippen molar-refractivity contribution >= 4 is 16.9 Å². The van der Waals surface area contributed by atoms with Crippen LogP contribution < -0.4 is 10.1 Å². The Balaban J connectivity index is 1.99. The minimum atomic E-state index is 0.816. The van der Waals surface area contributed by atoms with Gasteiger partial charge < -0.3 is 14.6 Å². The normalized spacial score (nSPS) is 10.8. The van der Waals surface area contributed by atoms with Gasteiger partial charge in [-0.25, -0.2) is 9.97 Å². The second-order valence-electron chi connectivity index (χ2n) is 5.65. The van der Waals surface area contributed by atoms with E-state index in [1.165, 1.54) is 0 Å². The molecule has 2 aromatic heterocycles. The maximum atomic E-state index is 5.26. The SMILES string of the molecule is CNc1ncnc2c1c(-c1ccccc1)cn2-c1ccc(OC)cc1. The van der Waals surface area contributed by atoms with Crippen molar-refractivity contribution < 1.29 is 4.74 Å². The van der Waals surface area contributed by atoms with Crippen molar-refractivity contribution in [1.29, 1.82) is 0 Å². The first-order valence-electron chi connectivity index (χ1n) is 8.05. The summed E-state index contributed by atoms with van der Waals surface area (Å²) in [5, 5.41) is 4.19. The molecule has 4 rings (SSSR count). The number of anilines is 1. The van der Waals surface area contributed by atoms with Gasteiger partial charge in [-0.2, -0.15) is 0 Å². The van der Waals surface area contributed by atoms with Crippen LogP contribution in [0.15, 0.2) is 67.1 Å². The quantitative estimate of drug-likeness (QED) is 0.611. The van der Waals surface area contributed by atoms with E-state index in [9.17, 15) is 0 Å². The lowest BCUT2D eigenvalue weighted by Crippen LogP contribution is -1.97. The molecule has 5 nitrogen and oxygen atoms in total. The fraction of sp³-hybridized carbons (Fsp3) is 0.100. The monoisotopic (exact) mass is 330 g/mol. The van der Waals surface area contributed by atoms with Gasteiger partial charge in [0.1, 0.15) is 17.9 Å². The number of benzene rings is 2. The van der Waals surface area contributed by atoms with Crippen LogP contribution in [0.2, 0.25) is 0 Å². The highest BCUT2D eigenvalue weighted by molar-refractivity contribution is 6.02. The van der Waals surface area contributed by atoms with Crippen molar-refractivity contribution in [1.82, 2.24) is 14.5 Å². The van der Waals surface area contributed by atoms with Gasteiger partial charge in [-0.1, -0.05) is 30.3 Å². The van der Waals surface area contributed by atoms with Crippen LogP contribution >= 0.6 is 0 Å². The maximum absolute atomic E-state index is 5.26. The average Bonchev–Trinajstić information content (AvgIpc) is 3.08. The minimum absolute atomic E-state index is 0.816. The molecular formula is C20H18N4O. The number of ether oxygens (including phenoxy) is 1. The summed E-state index contributed by atoms with van der Waals surface area (Å²) < 4.78 is 7.34. The first-order valence-corrected chi connectivity index (χ1v) is 8.05. The molecule has 124 valence electrons. The van der Waals surface area contributed by atoms with Gasteiger partial charge in [-0.15, -0.1) is 0 Å². The molecule has 0 aliphatic rings. The standard InChI is InChI=1S/C20H18N4O/c1-21-19-18-17(14-6-4-3-5-7-14)12-24(20(18)23-13-22-19)15-8-10-16(25-2)11-9-15/h3-13H,1-2H3,(H,21,22,23). The predicted molar refractivity (Wildman–Crippen MR) is 100 cm³/mol.